The maximum Gasteiger partial charge on any atom is 0.181 e. The molecule has 0 atom stereocenters. The fourth-order valence-electron chi connectivity index (χ4n) is 2.01. The molecule has 1 aromatic carbocycles. The lowest BCUT2D eigenvalue weighted by Gasteiger charge is -2.11. The Morgan fingerprint density at radius 1 is 1.24 bits per heavy atom. The molecule has 0 amide bonds. The third-order valence-corrected chi connectivity index (χ3v) is 3.88. The summed E-state index contributed by atoms with van der Waals surface area (Å²) in [5, 5.41) is -0.194. The Kier molecular flexibility index (Phi) is 3.99. The van der Waals surface area contributed by atoms with Crippen LogP contribution in [-0.2, 0) is 0 Å². The summed E-state index contributed by atoms with van der Waals surface area (Å²) in [4.78, 5) is 8.11. The molecule has 4 nitrogen and oxygen atoms in total. The van der Waals surface area contributed by atoms with E-state index in [4.69, 9.17) is 21.1 Å². The highest BCUT2D eigenvalue weighted by molar-refractivity contribution is 9.10. The maximum atomic E-state index is 13.5. The van der Waals surface area contributed by atoms with Crippen molar-refractivity contribution in [1.82, 2.24) is 9.97 Å². The Hall–Kier alpha value is -1.40. The highest BCUT2D eigenvalue weighted by Crippen LogP contribution is 2.40. The second-order valence-corrected chi connectivity index (χ2v) is 5.79. The van der Waals surface area contributed by atoms with Crippen molar-refractivity contribution in [2.45, 2.75) is 13.3 Å². The van der Waals surface area contributed by atoms with Crippen molar-refractivity contribution in [2.75, 3.05) is 13.2 Å². The van der Waals surface area contributed by atoms with Gasteiger partial charge in [-0.1, -0.05) is 11.6 Å². The number of rotatable bonds is 1. The van der Waals surface area contributed by atoms with E-state index in [2.05, 4.69) is 25.9 Å². The Balaban J connectivity index is 2.11. The van der Waals surface area contributed by atoms with Crippen LogP contribution in [0.15, 0.2) is 16.6 Å². The number of aryl methyl sites for hydroxylation is 1. The summed E-state index contributed by atoms with van der Waals surface area (Å²) in [7, 11) is 0. The summed E-state index contributed by atoms with van der Waals surface area (Å²) in [6.45, 7) is 2.72. The number of nitrogens with zero attached hydrogens (tertiary/aromatic N) is 2. The zero-order valence-corrected chi connectivity index (χ0v) is 13.5. The predicted molar refractivity (Wildman–Crippen MR) is 80.5 cm³/mol. The molecule has 1 aliphatic heterocycles. The normalized spacial score (nSPS) is 13.9. The van der Waals surface area contributed by atoms with Crippen LogP contribution in [0.5, 0.6) is 11.5 Å². The van der Waals surface area contributed by atoms with E-state index in [9.17, 15) is 4.39 Å². The van der Waals surface area contributed by atoms with Gasteiger partial charge in [-0.05, 0) is 35.0 Å². The molecule has 0 bridgehead atoms. The zero-order valence-electron chi connectivity index (χ0n) is 11.1. The number of halogens is 3. The molecule has 0 fully saturated rings. The second-order valence-electron chi connectivity index (χ2n) is 4.57. The number of fused-ring (bicyclic) bond motifs is 1. The van der Waals surface area contributed by atoms with Crippen LogP contribution in [0.1, 0.15) is 12.1 Å². The minimum Gasteiger partial charge on any atom is -0.489 e. The van der Waals surface area contributed by atoms with E-state index in [0.717, 1.165) is 10.9 Å². The van der Waals surface area contributed by atoms with E-state index in [1.165, 1.54) is 0 Å². The monoisotopic (exact) mass is 372 g/mol. The van der Waals surface area contributed by atoms with Gasteiger partial charge < -0.3 is 9.47 Å². The van der Waals surface area contributed by atoms with Gasteiger partial charge in [-0.15, -0.1) is 0 Å². The van der Waals surface area contributed by atoms with Gasteiger partial charge >= 0.3 is 0 Å². The van der Waals surface area contributed by atoms with Crippen molar-refractivity contribution in [3.63, 3.8) is 0 Å². The van der Waals surface area contributed by atoms with Crippen molar-refractivity contribution in [3.05, 3.63) is 33.3 Å². The van der Waals surface area contributed by atoms with Gasteiger partial charge in [-0.2, -0.15) is 0 Å². The molecule has 1 aliphatic rings. The summed E-state index contributed by atoms with van der Waals surface area (Å²) >= 11 is 9.23. The smallest absolute Gasteiger partial charge is 0.181 e. The lowest BCUT2D eigenvalue weighted by molar-refractivity contribution is 0.296. The third-order valence-electron chi connectivity index (χ3n) is 3.04. The molecule has 7 heteroatoms. The molecule has 2 heterocycles. The summed E-state index contributed by atoms with van der Waals surface area (Å²) in [6.07, 6.45) is 0.814. The molecule has 0 spiro atoms. The van der Waals surface area contributed by atoms with Crippen molar-refractivity contribution >= 4 is 27.5 Å². The topological polar surface area (TPSA) is 44.2 Å². The SMILES string of the molecule is Cc1nc(-c2cc(Br)c3c(c2)OCCCO3)nc(Cl)c1F. The van der Waals surface area contributed by atoms with Crippen LogP contribution in [0, 0.1) is 12.7 Å². The van der Waals surface area contributed by atoms with Gasteiger partial charge in [0.15, 0.2) is 28.3 Å². The van der Waals surface area contributed by atoms with Gasteiger partial charge in [0.1, 0.15) is 0 Å². The van der Waals surface area contributed by atoms with Crippen molar-refractivity contribution in [2.24, 2.45) is 0 Å². The average Bonchev–Trinajstić information content (AvgIpc) is 2.69. The van der Waals surface area contributed by atoms with E-state index in [1.807, 2.05) is 0 Å². The van der Waals surface area contributed by atoms with Crippen LogP contribution in [0.3, 0.4) is 0 Å². The highest BCUT2D eigenvalue weighted by atomic mass is 79.9. The summed E-state index contributed by atoms with van der Waals surface area (Å²) in [6, 6.07) is 3.57. The van der Waals surface area contributed by atoms with Crippen LogP contribution < -0.4 is 9.47 Å². The largest absolute Gasteiger partial charge is 0.489 e. The summed E-state index contributed by atoms with van der Waals surface area (Å²) in [5.74, 6) is 1.00. The van der Waals surface area contributed by atoms with Crippen molar-refractivity contribution < 1.29 is 13.9 Å². The van der Waals surface area contributed by atoms with Crippen LogP contribution in [-0.4, -0.2) is 23.2 Å². The highest BCUT2D eigenvalue weighted by Gasteiger charge is 2.18. The number of hydrogen-bond donors (Lipinski definition) is 0. The van der Waals surface area contributed by atoms with Crippen LogP contribution >= 0.6 is 27.5 Å². The first-order chi connectivity index (χ1) is 10.1. The van der Waals surface area contributed by atoms with Crippen molar-refractivity contribution in [3.8, 4) is 22.9 Å². The minimum absolute atomic E-state index is 0.194. The molecule has 2 aromatic rings. The predicted octanol–water partition coefficient (Wildman–Crippen LogP) is 4.17. The molecule has 0 N–H and O–H groups in total. The van der Waals surface area contributed by atoms with Gasteiger partial charge in [0.25, 0.3) is 0 Å². The lowest BCUT2D eigenvalue weighted by Crippen LogP contribution is -1.99. The average molecular weight is 374 g/mol. The molecular formula is C14H11BrClFN2O2. The molecule has 0 saturated carbocycles. The van der Waals surface area contributed by atoms with E-state index in [0.29, 0.717) is 36.1 Å². The number of aromatic nitrogens is 2. The van der Waals surface area contributed by atoms with Gasteiger partial charge in [0, 0.05) is 12.0 Å². The van der Waals surface area contributed by atoms with E-state index in [1.54, 1.807) is 19.1 Å². The minimum atomic E-state index is -0.603. The summed E-state index contributed by atoms with van der Waals surface area (Å²) < 4.78 is 25.6. The fourth-order valence-corrected chi connectivity index (χ4v) is 2.79. The van der Waals surface area contributed by atoms with Gasteiger partial charge in [0.05, 0.1) is 23.4 Å². The number of benzene rings is 1. The van der Waals surface area contributed by atoms with Gasteiger partial charge in [-0.25, -0.2) is 14.4 Å². The quantitative estimate of drug-likeness (QED) is 0.704. The first-order valence-electron chi connectivity index (χ1n) is 6.35. The van der Waals surface area contributed by atoms with Gasteiger partial charge in [0.2, 0.25) is 0 Å². The van der Waals surface area contributed by atoms with E-state index >= 15 is 0 Å². The first kappa shape index (κ1) is 14.5. The van der Waals surface area contributed by atoms with Crippen LogP contribution in [0.25, 0.3) is 11.4 Å². The summed E-state index contributed by atoms with van der Waals surface area (Å²) in [5.41, 5.74) is 0.879. The fraction of sp³-hybridized carbons (Fsp3) is 0.286. The molecule has 3 rings (SSSR count). The number of hydrogen-bond acceptors (Lipinski definition) is 4. The Labute approximate surface area is 134 Å². The molecule has 110 valence electrons. The zero-order chi connectivity index (χ0) is 15.0. The molecule has 0 saturated heterocycles. The Morgan fingerprint density at radius 2 is 2.00 bits per heavy atom. The molecular weight excluding hydrogens is 363 g/mol. The third kappa shape index (κ3) is 2.82. The molecule has 0 radical (unpaired) electrons. The van der Waals surface area contributed by atoms with Gasteiger partial charge in [-0.3, -0.25) is 0 Å². The first-order valence-corrected chi connectivity index (χ1v) is 7.52. The Bertz CT molecular complexity index is 689. The number of ether oxygens (including phenoxy) is 2. The molecule has 0 unspecified atom stereocenters. The van der Waals surface area contributed by atoms with Crippen LogP contribution in [0.4, 0.5) is 4.39 Å². The molecule has 21 heavy (non-hydrogen) atoms. The standard InChI is InChI=1S/C14H11BrClFN2O2/c1-7-11(17)13(16)19-14(18-7)8-5-9(15)12-10(6-8)20-3-2-4-21-12/h5-6H,2-4H2,1H3. The second kappa shape index (κ2) is 5.77. The van der Waals surface area contributed by atoms with Crippen LogP contribution in [0.2, 0.25) is 5.15 Å². The van der Waals surface area contributed by atoms with E-state index < -0.39 is 5.82 Å². The lowest BCUT2D eigenvalue weighted by atomic mass is 10.2. The van der Waals surface area contributed by atoms with E-state index in [-0.39, 0.29) is 10.8 Å². The van der Waals surface area contributed by atoms with Crippen molar-refractivity contribution in [1.29, 1.82) is 0 Å². The maximum absolute atomic E-state index is 13.5. The Morgan fingerprint density at radius 3 is 2.76 bits per heavy atom. The molecule has 1 aromatic heterocycles. The molecule has 0 aliphatic carbocycles.